The van der Waals surface area contributed by atoms with Crippen LogP contribution in [-0.2, 0) is 11.0 Å². The summed E-state index contributed by atoms with van der Waals surface area (Å²) in [5, 5.41) is 6.03. The standard InChI is InChI=1S/C18H10Cl2F4N2O2/c19-16(20)17(27)25-10-4-1-3-9(7-10)14-8-13(26-28-14)15-11(18(22,23)24)5-2-6-12(15)21/h1-8,16H,(H,25,27). The summed E-state index contributed by atoms with van der Waals surface area (Å²) in [7, 11) is 0. The Hall–Kier alpha value is -2.58. The van der Waals surface area contributed by atoms with Gasteiger partial charge >= 0.3 is 6.18 Å². The Morgan fingerprint density at radius 2 is 1.82 bits per heavy atom. The molecular formula is C18H10Cl2F4N2O2. The number of carbonyl (C=O) groups excluding carboxylic acids is 1. The van der Waals surface area contributed by atoms with Crippen molar-refractivity contribution in [3.05, 3.63) is 59.9 Å². The van der Waals surface area contributed by atoms with E-state index in [1.54, 1.807) is 18.2 Å². The first-order chi connectivity index (χ1) is 13.2. The lowest BCUT2D eigenvalue weighted by molar-refractivity contribution is -0.137. The highest BCUT2D eigenvalue weighted by atomic mass is 35.5. The van der Waals surface area contributed by atoms with Gasteiger partial charge in [-0.15, -0.1) is 0 Å². The Morgan fingerprint density at radius 3 is 2.50 bits per heavy atom. The molecule has 1 heterocycles. The van der Waals surface area contributed by atoms with Crippen molar-refractivity contribution in [2.45, 2.75) is 11.0 Å². The van der Waals surface area contributed by atoms with Gasteiger partial charge in [-0.1, -0.05) is 46.6 Å². The van der Waals surface area contributed by atoms with Gasteiger partial charge in [0.1, 0.15) is 11.5 Å². The minimum absolute atomic E-state index is 0.0794. The fourth-order valence-electron chi connectivity index (χ4n) is 2.50. The molecule has 0 saturated heterocycles. The van der Waals surface area contributed by atoms with Gasteiger partial charge in [0.05, 0.1) is 11.1 Å². The second kappa shape index (κ2) is 7.81. The van der Waals surface area contributed by atoms with Crippen molar-refractivity contribution in [1.82, 2.24) is 5.16 Å². The number of nitrogens with one attached hydrogen (secondary N) is 1. The normalized spacial score (nSPS) is 11.7. The average Bonchev–Trinajstić information content (AvgIpc) is 3.10. The smallest absolute Gasteiger partial charge is 0.356 e. The Morgan fingerprint density at radius 1 is 1.11 bits per heavy atom. The van der Waals surface area contributed by atoms with Gasteiger partial charge in [-0.3, -0.25) is 4.79 Å². The number of rotatable bonds is 4. The van der Waals surface area contributed by atoms with Crippen LogP contribution in [0.25, 0.3) is 22.6 Å². The SMILES string of the molecule is O=C(Nc1cccc(-c2cc(-c3c(F)cccc3C(F)(F)F)no2)c1)C(Cl)Cl. The molecule has 28 heavy (non-hydrogen) atoms. The maximum Gasteiger partial charge on any atom is 0.417 e. The molecule has 0 unspecified atom stereocenters. The zero-order valence-electron chi connectivity index (χ0n) is 13.7. The van der Waals surface area contributed by atoms with Crippen LogP contribution in [0.15, 0.2) is 53.1 Å². The molecule has 0 atom stereocenters. The predicted molar refractivity (Wildman–Crippen MR) is 96.5 cm³/mol. The molecule has 10 heteroatoms. The summed E-state index contributed by atoms with van der Waals surface area (Å²) >= 11 is 10.9. The van der Waals surface area contributed by atoms with E-state index in [2.05, 4.69) is 10.5 Å². The van der Waals surface area contributed by atoms with Crippen LogP contribution >= 0.6 is 23.2 Å². The van der Waals surface area contributed by atoms with E-state index in [9.17, 15) is 22.4 Å². The number of aromatic nitrogens is 1. The van der Waals surface area contributed by atoms with Gasteiger partial charge in [0, 0.05) is 17.3 Å². The van der Waals surface area contributed by atoms with E-state index in [1.807, 2.05) is 0 Å². The maximum absolute atomic E-state index is 14.1. The summed E-state index contributed by atoms with van der Waals surface area (Å²) in [6.45, 7) is 0. The molecule has 0 saturated carbocycles. The van der Waals surface area contributed by atoms with Crippen molar-refractivity contribution < 1.29 is 26.9 Å². The highest BCUT2D eigenvalue weighted by Crippen LogP contribution is 2.39. The third-order valence-electron chi connectivity index (χ3n) is 3.70. The number of anilines is 1. The van der Waals surface area contributed by atoms with E-state index in [0.29, 0.717) is 11.3 Å². The van der Waals surface area contributed by atoms with E-state index < -0.39 is 33.9 Å². The van der Waals surface area contributed by atoms with Crippen LogP contribution in [0.2, 0.25) is 0 Å². The van der Waals surface area contributed by atoms with Crippen molar-refractivity contribution in [2.24, 2.45) is 0 Å². The van der Waals surface area contributed by atoms with Crippen molar-refractivity contribution in [2.75, 3.05) is 5.32 Å². The van der Waals surface area contributed by atoms with Crippen molar-refractivity contribution in [1.29, 1.82) is 0 Å². The average molecular weight is 433 g/mol. The topological polar surface area (TPSA) is 55.1 Å². The first-order valence-electron chi connectivity index (χ1n) is 7.69. The lowest BCUT2D eigenvalue weighted by Gasteiger charge is -2.11. The molecule has 0 aliphatic carbocycles. The third-order valence-corrected chi connectivity index (χ3v) is 4.09. The van der Waals surface area contributed by atoms with E-state index in [4.69, 9.17) is 27.7 Å². The van der Waals surface area contributed by atoms with E-state index in [1.165, 1.54) is 12.1 Å². The van der Waals surface area contributed by atoms with Crippen LogP contribution in [0.5, 0.6) is 0 Å². The number of hydrogen-bond acceptors (Lipinski definition) is 3. The molecule has 0 bridgehead atoms. The molecule has 3 rings (SSSR count). The summed E-state index contributed by atoms with van der Waals surface area (Å²) in [6.07, 6.45) is -4.76. The molecule has 0 aliphatic heterocycles. The van der Waals surface area contributed by atoms with Crippen LogP contribution in [0.1, 0.15) is 5.56 Å². The molecule has 146 valence electrons. The number of nitrogens with zero attached hydrogens (tertiary/aromatic N) is 1. The molecule has 0 spiro atoms. The Labute approximate surface area is 166 Å². The number of amides is 1. The first-order valence-corrected chi connectivity index (χ1v) is 8.56. The second-order valence-corrected chi connectivity index (χ2v) is 6.70. The first kappa shape index (κ1) is 20.2. The molecule has 1 N–H and O–H groups in total. The maximum atomic E-state index is 14.1. The molecule has 0 aliphatic rings. The van der Waals surface area contributed by atoms with Crippen LogP contribution in [0.3, 0.4) is 0 Å². The molecule has 0 fully saturated rings. The second-order valence-electron chi connectivity index (χ2n) is 5.61. The number of alkyl halides is 5. The van der Waals surface area contributed by atoms with Gasteiger partial charge in [0.15, 0.2) is 10.6 Å². The predicted octanol–water partition coefficient (Wildman–Crippen LogP) is 5.91. The summed E-state index contributed by atoms with van der Waals surface area (Å²) in [5.41, 5.74) is -1.46. The fourth-order valence-corrected chi connectivity index (χ4v) is 2.61. The molecule has 2 aromatic carbocycles. The molecular weight excluding hydrogens is 423 g/mol. The third kappa shape index (κ3) is 4.28. The number of carbonyl (C=O) groups is 1. The molecule has 1 aromatic heterocycles. The van der Waals surface area contributed by atoms with Gasteiger partial charge in [-0.05, 0) is 24.3 Å². The highest BCUT2D eigenvalue weighted by Gasteiger charge is 2.36. The van der Waals surface area contributed by atoms with E-state index >= 15 is 0 Å². The van der Waals surface area contributed by atoms with Gasteiger partial charge in [-0.25, -0.2) is 4.39 Å². The van der Waals surface area contributed by atoms with E-state index in [0.717, 1.165) is 18.2 Å². The monoisotopic (exact) mass is 432 g/mol. The number of halogens is 6. The summed E-state index contributed by atoms with van der Waals surface area (Å²) in [4.78, 5) is 10.3. The Kier molecular flexibility index (Phi) is 5.62. The highest BCUT2D eigenvalue weighted by molar-refractivity contribution is 6.54. The van der Waals surface area contributed by atoms with Crippen molar-refractivity contribution in [3.8, 4) is 22.6 Å². The summed E-state index contributed by atoms with van der Waals surface area (Å²) in [5.74, 6) is -1.65. The van der Waals surface area contributed by atoms with Crippen LogP contribution in [-0.4, -0.2) is 15.9 Å². The molecule has 1 amide bonds. The summed E-state index contributed by atoms with van der Waals surface area (Å²) < 4.78 is 58.8. The summed E-state index contributed by atoms with van der Waals surface area (Å²) in [6, 6.07) is 9.98. The zero-order valence-corrected chi connectivity index (χ0v) is 15.2. The van der Waals surface area contributed by atoms with Gasteiger partial charge in [-0.2, -0.15) is 13.2 Å². The minimum atomic E-state index is -4.76. The Balaban J connectivity index is 1.98. The molecule has 4 nitrogen and oxygen atoms in total. The van der Waals surface area contributed by atoms with Crippen molar-refractivity contribution in [3.63, 3.8) is 0 Å². The largest absolute Gasteiger partial charge is 0.417 e. The van der Waals surface area contributed by atoms with Gasteiger partial charge in [0.2, 0.25) is 0 Å². The minimum Gasteiger partial charge on any atom is -0.356 e. The van der Waals surface area contributed by atoms with Gasteiger partial charge < -0.3 is 9.84 Å². The van der Waals surface area contributed by atoms with Crippen LogP contribution in [0, 0.1) is 5.82 Å². The van der Waals surface area contributed by atoms with Crippen LogP contribution in [0.4, 0.5) is 23.2 Å². The molecule has 3 aromatic rings. The van der Waals surface area contributed by atoms with Crippen molar-refractivity contribution >= 4 is 34.8 Å². The molecule has 0 radical (unpaired) electrons. The lowest BCUT2D eigenvalue weighted by Crippen LogP contribution is -2.18. The quantitative estimate of drug-likeness (QED) is 0.411. The Bertz CT molecular complexity index is 1020. The zero-order chi connectivity index (χ0) is 20.5. The number of benzene rings is 2. The van der Waals surface area contributed by atoms with E-state index in [-0.39, 0.29) is 11.5 Å². The van der Waals surface area contributed by atoms with Gasteiger partial charge in [0.25, 0.3) is 5.91 Å². The fraction of sp³-hybridized carbons (Fsp3) is 0.111. The number of hydrogen-bond donors (Lipinski definition) is 1. The van der Waals surface area contributed by atoms with Crippen LogP contribution < -0.4 is 5.32 Å². The lowest BCUT2D eigenvalue weighted by atomic mass is 10.0.